The molecular formula is C15H23NO. The van der Waals surface area contributed by atoms with E-state index in [4.69, 9.17) is 4.74 Å². The van der Waals surface area contributed by atoms with Gasteiger partial charge >= 0.3 is 0 Å². The Morgan fingerprint density at radius 3 is 2.71 bits per heavy atom. The highest BCUT2D eigenvalue weighted by molar-refractivity contribution is 5.19. The van der Waals surface area contributed by atoms with E-state index < -0.39 is 0 Å². The van der Waals surface area contributed by atoms with Gasteiger partial charge in [-0.1, -0.05) is 37.3 Å². The summed E-state index contributed by atoms with van der Waals surface area (Å²) in [4.78, 5) is 0. The first-order valence-electron chi connectivity index (χ1n) is 6.67. The molecule has 3 atom stereocenters. The van der Waals surface area contributed by atoms with Crippen LogP contribution in [0.25, 0.3) is 0 Å². The van der Waals surface area contributed by atoms with Crippen LogP contribution in [0.5, 0.6) is 0 Å². The van der Waals surface area contributed by atoms with Crippen LogP contribution in [0.15, 0.2) is 30.3 Å². The van der Waals surface area contributed by atoms with Crippen LogP contribution in [0, 0.1) is 0 Å². The topological polar surface area (TPSA) is 21.3 Å². The van der Waals surface area contributed by atoms with Gasteiger partial charge in [0.15, 0.2) is 0 Å². The van der Waals surface area contributed by atoms with Crippen LogP contribution in [-0.4, -0.2) is 25.3 Å². The molecule has 0 saturated carbocycles. The lowest BCUT2D eigenvalue weighted by Gasteiger charge is -2.22. The van der Waals surface area contributed by atoms with Crippen LogP contribution in [-0.2, 0) is 4.74 Å². The van der Waals surface area contributed by atoms with Gasteiger partial charge in [0.25, 0.3) is 0 Å². The van der Waals surface area contributed by atoms with Crippen molar-refractivity contribution in [3.63, 3.8) is 0 Å². The maximum Gasteiger partial charge on any atom is 0.0726 e. The van der Waals surface area contributed by atoms with Crippen LogP contribution >= 0.6 is 0 Å². The van der Waals surface area contributed by atoms with Crippen molar-refractivity contribution in [1.29, 1.82) is 0 Å². The zero-order valence-electron chi connectivity index (χ0n) is 10.9. The molecule has 2 rings (SSSR count). The second-order valence-corrected chi connectivity index (χ2v) is 5.06. The molecule has 1 saturated heterocycles. The third-order valence-corrected chi connectivity index (χ3v) is 3.64. The van der Waals surface area contributed by atoms with E-state index in [1.165, 1.54) is 18.4 Å². The van der Waals surface area contributed by atoms with E-state index in [-0.39, 0.29) is 0 Å². The molecule has 2 nitrogen and oxygen atoms in total. The molecule has 2 heteroatoms. The fraction of sp³-hybridized carbons (Fsp3) is 0.600. The first kappa shape index (κ1) is 12.6. The molecule has 0 bridgehead atoms. The first-order valence-corrected chi connectivity index (χ1v) is 6.67. The quantitative estimate of drug-likeness (QED) is 0.844. The van der Waals surface area contributed by atoms with Crippen LogP contribution in [0.4, 0.5) is 0 Å². The van der Waals surface area contributed by atoms with E-state index in [2.05, 4.69) is 49.5 Å². The minimum absolute atomic E-state index is 0.415. The van der Waals surface area contributed by atoms with Gasteiger partial charge in [-0.25, -0.2) is 0 Å². The van der Waals surface area contributed by atoms with Crippen molar-refractivity contribution in [2.45, 2.75) is 44.8 Å². The SMILES string of the molecule is CC(CNC(C)C1CCCO1)c1ccccc1. The van der Waals surface area contributed by atoms with Gasteiger partial charge in [0, 0.05) is 19.2 Å². The summed E-state index contributed by atoms with van der Waals surface area (Å²) in [5.41, 5.74) is 1.40. The van der Waals surface area contributed by atoms with E-state index in [1.807, 2.05) is 0 Å². The van der Waals surface area contributed by atoms with Gasteiger partial charge < -0.3 is 10.1 Å². The lowest BCUT2D eigenvalue weighted by atomic mass is 10.0. The molecule has 1 aromatic carbocycles. The number of benzene rings is 1. The number of nitrogens with one attached hydrogen (secondary N) is 1. The van der Waals surface area contributed by atoms with Gasteiger partial charge in [0.05, 0.1) is 6.10 Å². The highest BCUT2D eigenvalue weighted by atomic mass is 16.5. The van der Waals surface area contributed by atoms with E-state index in [9.17, 15) is 0 Å². The first-order chi connectivity index (χ1) is 8.27. The number of hydrogen-bond acceptors (Lipinski definition) is 2. The van der Waals surface area contributed by atoms with Crippen molar-refractivity contribution in [2.75, 3.05) is 13.2 Å². The van der Waals surface area contributed by atoms with Crippen molar-refractivity contribution in [1.82, 2.24) is 5.32 Å². The third-order valence-electron chi connectivity index (χ3n) is 3.64. The second-order valence-electron chi connectivity index (χ2n) is 5.06. The highest BCUT2D eigenvalue weighted by Gasteiger charge is 2.22. The normalized spacial score (nSPS) is 23.5. The molecule has 1 heterocycles. The minimum atomic E-state index is 0.415. The number of ether oxygens (including phenoxy) is 1. The molecule has 3 unspecified atom stereocenters. The molecule has 1 aliphatic heterocycles. The Kier molecular flexibility index (Phi) is 4.57. The van der Waals surface area contributed by atoms with Crippen LogP contribution in [0.1, 0.15) is 38.2 Å². The summed E-state index contributed by atoms with van der Waals surface area (Å²) in [5, 5.41) is 3.60. The van der Waals surface area contributed by atoms with Gasteiger partial charge in [0.1, 0.15) is 0 Å². The second kappa shape index (κ2) is 6.18. The Labute approximate surface area is 104 Å². The molecule has 0 amide bonds. The fourth-order valence-electron chi connectivity index (χ4n) is 2.39. The maximum atomic E-state index is 5.69. The molecule has 1 aromatic rings. The van der Waals surface area contributed by atoms with Gasteiger partial charge in [-0.05, 0) is 31.2 Å². The predicted octanol–water partition coefficient (Wildman–Crippen LogP) is 2.95. The maximum absolute atomic E-state index is 5.69. The van der Waals surface area contributed by atoms with Crippen molar-refractivity contribution >= 4 is 0 Å². The molecule has 1 fully saturated rings. The molecule has 17 heavy (non-hydrogen) atoms. The molecule has 0 spiro atoms. The molecular weight excluding hydrogens is 210 g/mol. The van der Waals surface area contributed by atoms with Gasteiger partial charge in [-0.3, -0.25) is 0 Å². The summed E-state index contributed by atoms with van der Waals surface area (Å²) in [6.45, 7) is 6.45. The van der Waals surface area contributed by atoms with Crippen molar-refractivity contribution < 1.29 is 4.74 Å². The Balaban J connectivity index is 1.77. The Hall–Kier alpha value is -0.860. The molecule has 0 aromatic heterocycles. The number of hydrogen-bond donors (Lipinski definition) is 1. The van der Waals surface area contributed by atoms with Crippen molar-refractivity contribution in [3.05, 3.63) is 35.9 Å². The lowest BCUT2D eigenvalue weighted by Crippen LogP contribution is -2.38. The monoisotopic (exact) mass is 233 g/mol. The van der Waals surface area contributed by atoms with Crippen LogP contribution in [0.2, 0.25) is 0 Å². The lowest BCUT2D eigenvalue weighted by molar-refractivity contribution is 0.0834. The van der Waals surface area contributed by atoms with E-state index in [1.54, 1.807) is 0 Å². The number of rotatable bonds is 5. The minimum Gasteiger partial charge on any atom is -0.377 e. The Morgan fingerprint density at radius 1 is 1.29 bits per heavy atom. The van der Waals surface area contributed by atoms with Crippen molar-refractivity contribution in [2.24, 2.45) is 0 Å². The molecule has 0 radical (unpaired) electrons. The molecule has 94 valence electrons. The van der Waals surface area contributed by atoms with Gasteiger partial charge in [-0.15, -0.1) is 0 Å². The third kappa shape index (κ3) is 3.55. The van der Waals surface area contributed by atoms with Gasteiger partial charge in [0.2, 0.25) is 0 Å². The highest BCUT2D eigenvalue weighted by Crippen LogP contribution is 2.17. The van der Waals surface area contributed by atoms with Gasteiger partial charge in [-0.2, -0.15) is 0 Å². The van der Waals surface area contributed by atoms with Crippen LogP contribution < -0.4 is 5.32 Å². The fourth-order valence-corrected chi connectivity index (χ4v) is 2.39. The largest absolute Gasteiger partial charge is 0.377 e. The zero-order valence-corrected chi connectivity index (χ0v) is 10.9. The Bertz CT molecular complexity index is 319. The summed E-state index contributed by atoms with van der Waals surface area (Å²) in [7, 11) is 0. The zero-order chi connectivity index (χ0) is 12.1. The summed E-state index contributed by atoms with van der Waals surface area (Å²) in [5.74, 6) is 0.556. The summed E-state index contributed by atoms with van der Waals surface area (Å²) in [6, 6.07) is 11.1. The summed E-state index contributed by atoms with van der Waals surface area (Å²) in [6.07, 6.45) is 2.83. The molecule has 0 aliphatic carbocycles. The van der Waals surface area contributed by atoms with E-state index in [0.717, 1.165) is 13.2 Å². The Morgan fingerprint density at radius 2 is 2.06 bits per heavy atom. The average molecular weight is 233 g/mol. The molecule has 1 aliphatic rings. The smallest absolute Gasteiger partial charge is 0.0726 e. The van der Waals surface area contributed by atoms with Crippen LogP contribution in [0.3, 0.4) is 0 Å². The van der Waals surface area contributed by atoms with Crippen molar-refractivity contribution in [3.8, 4) is 0 Å². The molecule has 1 N–H and O–H groups in total. The van der Waals surface area contributed by atoms with E-state index >= 15 is 0 Å². The summed E-state index contributed by atoms with van der Waals surface area (Å²) < 4.78 is 5.69. The average Bonchev–Trinajstić information content (AvgIpc) is 2.90. The van der Waals surface area contributed by atoms with E-state index in [0.29, 0.717) is 18.1 Å². The standard InChI is InChI=1S/C15H23NO/c1-12(14-7-4-3-5-8-14)11-16-13(2)15-9-6-10-17-15/h3-5,7-8,12-13,15-16H,6,9-11H2,1-2H3. The predicted molar refractivity (Wildman–Crippen MR) is 71.3 cm³/mol. The summed E-state index contributed by atoms with van der Waals surface area (Å²) >= 11 is 0.